The molecule has 0 heteroatoms. The van der Waals surface area contributed by atoms with Crippen molar-refractivity contribution in [1.82, 2.24) is 0 Å². The molecule has 0 N–H and O–H groups in total. The Labute approximate surface area is 175 Å². The van der Waals surface area contributed by atoms with Crippen molar-refractivity contribution < 1.29 is 0 Å². The van der Waals surface area contributed by atoms with Crippen molar-refractivity contribution in [2.24, 2.45) is 17.8 Å². The summed E-state index contributed by atoms with van der Waals surface area (Å²) < 4.78 is 0. The first kappa shape index (κ1) is 21.9. The van der Waals surface area contributed by atoms with Gasteiger partial charge in [-0.2, -0.15) is 0 Å². The first-order valence-electron chi connectivity index (χ1n) is 12.8. The van der Waals surface area contributed by atoms with Crippen LogP contribution >= 0.6 is 0 Å². The minimum atomic E-state index is 0.830. The molecule has 3 rings (SSSR count). The Hall–Kier alpha value is -0.780. The van der Waals surface area contributed by atoms with Crippen molar-refractivity contribution in [3.05, 3.63) is 35.4 Å². The van der Waals surface area contributed by atoms with E-state index in [-0.39, 0.29) is 0 Å². The third kappa shape index (κ3) is 6.36. The lowest BCUT2D eigenvalue weighted by Crippen LogP contribution is -2.16. The molecule has 0 heterocycles. The fourth-order valence-corrected chi connectivity index (χ4v) is 5.97. The topological polar surface area (TPSA) is 0 Å². The highest BCUT2D eigenvalue weighted by Crippen LogP contribution is 2.41. The predicted octanol–water partition coefficient (Wildman–Crippen LogP) is 9.25. The van der Waals surface area contributed by atoms with Gasteiger partial charge in [0.2, 0.25) is 0 Å². The lowest BCUT2D eigenvalue weighted by atomic mass is 9.74. The Morgan fingerprint density at radius 1 is 0.714 bits per heavy atom. The Morgan fingerprint density at radius 3 is 1.68 bits per heavy atom. The smallest absolute Gasteiger partial charge is 0.0162 e. The molecule has 1 aromatic rings. The first-order valence-corrected chi connectivity index (χ1v) is 12.8. The molecule has 158 valence electrons. The van der Waals surface area contributed by atoms with Gasteiger partial charge in [-0.25, -0.2) is 0 Å². The molecule has 2 saturated carbocycles. The van der Waals surface area contributed by atoms with Gasteiger partial charge in [0.05, 0.1) is 0 Å². The molecule has 0 nitrogen and oxygen atoms in total. The fourth-order valence-electron chi connectivity index (χ4n) is 5.97. The Morgan fingerprint density at radius 2 is 1.21 bits per heavy atom. The molecule has 0 aliphatic heterocycles. The molecule has 1 unspecified atom stereocenters. The first-order chi connectivity index (χ1) is 13.7. The maximum absolute atomic E-state index is 2.49. The summed E-state index contributed by atoms with van der Waals surface area (Å²) >= 11 is 0. The number of unbranched alkanes of at least 4 members (excludes halogenated alkanes) is 2. The number of rotatable bonds is 9. The van der Waals surface area contributed by atoms with Crippen LogP contribution in [0.15, 0.2) is 24.3 Å². The van der Waals surface area contributed by atoms with Gasteiger partial charge in [-0.15, -0.1) is 0 Å². The van der Waals surface area contributed by atoms with E-state index in [4.69, 9.17) is 0 Å². The van der Waals surface area contributed by atoms with E-state index >= 15 is 0 Å². The van der Waals surface area contributed by atoms with Crippen LogP contribution in [0.25, 0.3) is 0 Å². The second-order valence-corrected chi connectivity index (χ2v) is 10.3. The van der Waals surface area contributed by atoms with Gasteiger partial charge < -0.3 is 0 Å². The van der Waals surface area contributed by atoms with E-state index in [1.807, 2.05) is 0 Å². The van der Waals surface area contributed by atoms with E-state index in [1.54, 1.807) is 11.1 Å². The van der Waals surface area contributed by atoms with Crippen LogP contribution in [0.1, 0.15) is 134 Å². The second kappa shape index (κ2) is 11.4. The normalized spacial score (nSPS) is 29.5. The highest BCUT2D eigenvalue weighted by atomic mass is 14.3. The van der Waals surface area contributed by atoms with E-state index in [1.165, 1.54) is 89.9 Å². The van der Waals surface area contributed by atoms with Crippen molar-refractivity contribution >= 4 is 0 Å². The minimum Gasteiger partial charge on any atom is -0.0654 e. The highest BCUT2D eigenvalue weighted by Gasteiger charge is 2.25. The van der Waals surface area contributed by atoms with Crippen LogP contribution in [-0.4, -0.2) is 0 Å². The number of hydrogen-bond donors (Lipinski definition) is 0. The average molecular weight is 383 g/mol. The third-order valence-corrected chi connectivity index (χ3v) is 8.22. The summed E-state index contributed by atoms with van der Waals surface area (Å²) in [6.45, 7) is 7.10. The molecule has 0 spiro atoms. The minimum absolute atomic E-state index is 0.830. The molecular weight excluding hydrogens is 336 g/mol. The molecule has 0 saturated heterocycles. The van der Waals surface area contributed by atoms with Crippen molar-refractivity contribution in [2.45, 2.75) is 122 Å². The summed E-state index contributed by atoms with van der Waals surface area (Å²) in [6.07, 6.45) is 20.1. The van der Waals surface area contributed by atoms with E-state index < -0.39 is 0 Å². The molecule has 1 atom stereocenters. The lowest BCUT2D eigenvalue weighted by Gasteiger charge is -2.31. The van der Waals surface area contributed by atoms with E-state index in [2.05, 4.69) is 45.0 Å². The van der Waals surface area contributed by atoms with Crippen molar-refractivity contribution in [3.63, 3.8) is 0 Å². The van der Waals surface area contributed by atoms with Crippen LogP contribution in [0.5, 0.6) is 0 Å². The van der Waals surface area contributed by atoms with Crippen LogP contribution in [0.3, 0.4) is 0 Å². The molecule has 2 aliphatic rings. The van der Waals surface area contributed by atoms with Crippen LogP contribution in [0.4, 0.5) is 0 Å². The molecule has 0 aromatic heterocycles. The van der Waals surface area contributed by atoms with Crippen molar-refractivity contribution in [2.75, 3.05) is 0 Å². The zero-order chi connectivity index (χ0) is 19.8. The fraction of sp³-hybridized carbons (Fsp3) is 0.786. The van der Waals surface area contributed by atoms with E-state index in [0.717, 1.165) is 29.6 Å². The zero-order valence-corrected chi connectivity index (χ0v) is 19.1. The standard InChI is InChI=1S/C28H46/c1-4-6-7-8-23-9-13-25(14-10-23)27-17-19-28(20-18-27)26-15-11-24(12-16-26)21-22(3)5-2/h17-20,22-26H,4-16,21H2,1-3H3/t22?,23-,24-,25-,26-. The monoisotopic (exact) mass is 382 g/mol. The van der Waals surface area contributed by atoms with Crippen LogP contribution < -0.4 is 0 Å². The predicted molar refractivity (Wildman–Crippen MR) is 124 cm³/mol. The summed E-state index contributed by atoms with van der Waals surface area (Å²) in [6, 6.07) is 9.95. The summed E-state index contributed by atoms with van der Waals surface area (Å²) in [5.74, 6) is 4.60. The maximum atomic E-state index is 2.49. The van der Waals surface area contributed by atoms with Gasteiger partial charge in [0, 0.05) is 0 Å². The SMILES string of the molecule is CCCCC[C@H]1CC[C@H](c2ccc([C@H]3CC[C@H](CC(C)CC)CC3)cc2)CC1. The summed E-state index contributed by atoms with van der Waals surface area (Å²) in [5.41, 5.74) is 3.25. The van der Waals surface area contributed by atoms with Crippen LogP contribution in [0, 0.1) is 17.8 Å². The average Bonchev–Trinajstić information content (AvgIpc) is 2.75. The molecule has 2 fully saturated rings. The number of benzene rings is 1. The van der Waals surface area contributed by atoms with Crippen LogP contribution in [-0.2, 0) is 0 Å². The molecule has 2 aliphatic carbocycles. The van der Waals surface area contributed by atoms with Crippen molar-refractivity contribution in [3.8, 4) is 0 Å². The third-order valence-electron chi connectivity index (χ3n) is 8.22. The lowest BCUT2D eigenvalue weighted by molar-refractivity contribution is 0.273. The summed E-state index contributed by atoms with van der Waals surface area (Å²) in [4.78, 5) is 0. The van der Waals surface area contributed by atoms with Gasteiger partial charge in [-0.1, -0.05) is 77.1 Å². The van der Waals surface area contributed by atoms with Gasteiger partial charge in [0.1, 0.15) is 0 Å². The van der Waals surface area contributed by atoms with Gasteiger partial charge in [0.25, 0.3) is 0 Å². The number of hydrogen-bond acceptors (Lipinski definition) is 0. The molecule has 0 bridgehead atoms. The Kier molecular flexibility index (Phi) is 8.94. The molecular formula is C28H46. The van der Waals surface area contributed by atoms with Gasteiger partial charge in [0.15, 0.2) is 0 Å². The largest absolute Gasteiger partial charge is 0.0654 e. The molecule has 1 aromatic carbocycles. The molecule has 28 heavy (non-hydrogen) atoms. The highest BCUT2D eigenvalue weighted by molar-refractivity contribution is 5.28. The Bertz CT molecular complexity index is 526. The quantitative estimate of drug-likeness (QED) is 0.373. The second-order valence-electron chi connectivity index (χ2n) is 10.3. The Balaban J connectivity index is 1.43. The van der Waals surface area contributed by atoms with Gasteiger partial charge in [-0.05, 0) is 98.5 Å². The molecule has 0 amide bonds. The molecule has 0 radical (unpaired) electrons. The van der Waals surface area contributed by atoms with Crippen LogP contribution in [0.2, 0.25) is 0 Å². The van der Waals surface area contributed by atoms with E-state index in [9.17, 15) is 0 Å². The maximum Gasteiger partial charge on any atom is -0.0162 e. The summed E-state index contributed by atoms with van der Waals surface area (Å²) in [5, 5.41) is 0. The van der Waals surface area contributed by atoms with E-state index in [0.29, 0.717) is 0 Å². The van der Waals surface area contributed by atoms with Crippen molar-refractivity contribution in [1.29, 1.82) is 0 Å². The van der Waals surface area contributed by atoms with Gasteiger partial charge >= 0.3 is 0 Å². The van der Waals surface area contributed by atoms with Gasteiger partial charge in [-0.3, -0.25) is 0 Å². The summed E-state index contributed by atoms with van der Waals surface area (Å²) in [7, 11) is 0. The zero-order valence-electron chi connectivity index (χ0n) is 19.1.